The molecule has 0 aromatic carbocycles. The lowest BCUT2D eigenvalue weighted by molar-refractivity contribution is 0.0383. The van der Waals surface area contributed by atoms with Crippen LogP contribution in [0.3, 0.4) is 0 Å². The van der Waals surface area contributed by atoms with Crippen LogP contribution in [-0.2, 0) is 9.47 Å². The van der Waals surface area contributed by atoms with E-state index in [1.165, 1.54) is 7.11 Å². The maximum Gasteiger partial charge on any atom is 0.348 e. The van der Waals surface area contributed by atoms with Crippen molar-refractivity contribution >= 4 is 23.2 Å². The smallest absolute Gasteiger partial charge is 0.348 e. The molecule has 110 valence electrons. The van der Waals surface area contributed by atoms with Gasteiger partial charge < -0.3 is 14.8 Å². The standard InChI is InChI=1S/C13H18N2O4S/c1-18-13(17)11-3-2-10(20-11)12(16)14-4-5-15-6-8-19-9-7-15/h2-3H,4-9H2,1H3,(H,14,16). The molecule has 1 fully saturated rings. The number of rotatable bonds is 5. The van der Waals surface area contributed by atoms with Gasteiger partial charge in [0.25, 0.3) is 5.91 Å². The van der Waals surface area contributed by atoms with Crippen LogP contribution in [0.1, 0.15) is 19.3 Å². The number of nitrogens with one attached hydrogen (secondary N) is 1. The van der Waals surface area contributed by atoms with E-state index in [0.717, 1.165) is 44.2 Å². The normalized spacial score (nSPS) is 15.8. The molecule has 0 spiro atoms. The van der Waals surface area contributed by atoms with Gasteiger partial charge in [-0.15, -0.1) is 11.3 Å². The Labute approximate surface area is 121 Å². The molecule has 7 heteroatoms. The number of carbonyl (C=O) groups excluding carboxylic acids is 2. The fraction of sp³-hybridized carbons (Fsp3) is 0.538. The number of thiophene rings is 1. The third-order valence-corrected chi connectivity index (χ3v) is 4.10. The van der Waals surface area contributed by atoms with Crippen LogP contribution in [0.2, 0.25) is 0 Å². The predicted octanol–water partition coefficient (Wildman–Crippen LogP) is 0.597. The molecule has 0 aliphatic carbocycles. The zero-order valence-corrected chi connectivity index (χ0v) is 12.2. The zero-order valence-electron chi connectivity index (χ0n) is 11.4. The topological polar surface area (TPSA) is 67.9 Å². The Morgan fingerprint density at radius 3 is 2.75 bits per heavy atom. The SMILES string of the molecule is COC(=O)c1ccc(C(=O)NCCN2CCOCC2)s1. The number of nitrogens with zero attached hydrogens (tertiary/aromatic N) is 1. The average molecular weight is 298 g/mol. The van der Waals surface area contributed by atoms with Crippen molar-refractivity contribution in [2.75, 3.05) is 46.5 Å². The highest BCUT2D eigenvalue weighted by Crippen LogP contribution is 2.17. The van der Waals surface area contributed by atoms with Crippen LogP contribution in [0.15, 0.2) is 12.1 Å². The van der Waals surface area contributed by atoms with Gasteiger partial charge in [0.05, 0.1) is 25.2 Å². The number of methoxy groups -OCH3 is 1. The quantitative estimate of drug-likeness (QED) is 0.806. The largest absolute Gasteiger partial charge is 0.465 e. The van der Waals surface area contributed by atoms with Crippen molar-refractivity contribution in [1.29, 1.82) is 0 Å². The highest BCUT2D eigenvalue weighted by molar-refractivity contribution is 7.15. The molecule has 1 amide bonds. The Kier molecular flexibility index (Phi) is 5.51. The highest BCUT2D eigenvalue weighted by Gasteiger charge is 2.14. The Hall–Kier alpha value is -1.44. The lowest BCUT2D eigenvalue weighted by Crippen LogP contribution is -2.41. The van der Waals surface area contributed by atoms with E-state index in [1.807, 2.05) is 0 Å². The van der Waals surface area contributed by atoms with E-state index in [4.69, 9.17) is 4.74 Å². The van der Waals surface area contributed by atoms with Gasteiger partial charge in [0.1, 0.15) is 4.88 Å². The summed E-state index contributed by atoms with van der Waals surface area (Å²) in [6, 6.07) is 3.24. The minimum Gasteiger partial charge on any atom is -0.465 e. The van der Waals surface area contributed by atoms with Crippen LogP contribution in [0.4, 0.5) is 0 Å². The molecule has 0 bridgehead atoms. The number of hydrogen-bond acceptors (Lipinski definition) is 6. The first-order chi connectivity index (χ1) is 9.70. The van der Waals surface area contributed by atoms with Gasteiger partial charge >= 0.3 is 5.97 Å². The Morgan fingerprint density at radius 2 is 2.05 bits per heavy atom. The summed E-state index contributed by atoms with van der Waals surface area (Å²) in [6.07, 6.45) is 0. The molecule has 0 radical (unpaired) electrons. The van der Waals surface area contributed by atoms with Crippen molar-refractivity contribution in [1.82, 2.24) is 10.2 Å². The molecule has 1 aliphatic rings. The second-order valence-corrected chi connectivity index (χ2v) is 5.45. The third kappa shape index (κ3) is 4.03. The molecule has 1 saturated heterocycles. The predicted molar refractivity (Wildman–Crippen MR) is 75.3 cm³/mol. The molecular formula is C13H18N2O4S. The van der Waals surface area contributed by atoms with Gasteiger partial charge in [-0.3, -0.25) is 9.69 Å². The molecule has 2 heterocycles. The molecule has 1 aliphatic heterocycles. The monoisotopic (exact) mass is 298 g/mol. The van der Waals surface area contributed by atoms with E-state index in [2.05, 4.69) is 15.0 Å². The van der Waals surface area contributed by atoms with Crippen molar-refractivity contribution in [3.63, 3.8) is 0 Å². The summed E-state index contributed by atoms with van der Waals surface area (Å²) in [4.78, 5) is 26.4. The number of morpholine rings is 1. The summed E-state index contributed by atoms with van der Waals surface area (Å²) < 4.78 is 9.87. The molecule has 1 aromatic rings. The summed E-state index contributed by atoms with van der Waals surface area (Å²) in [7, 11) is 1.32. The van der Waals surface area contributed by atoms with Gasteiger partial charge in [0.2, 0.25) is 0 Å². The molecule has 6 nitrogen and oxygen atoms in total. The first kappa shape index (κ1) is 15.0. The maximum atomic E-state index is 11.9. The first-order valence-electron chi connectivity index (χ1n) is 6.47. The van der Waals surface area contributed by atoms with Crippen molar-refractivity contribution in [3.05, 3.63) is 21.9 Å². The summed E-state index contributed by atoms with van der Waals surface area (Å²) in [5, 5.41) is 2.85. The lowest BCUT2D eigenvalue weighted by atomic mass is 10.4. The van der Waals surface area contributed by atoms with Gasteiger partial charge in [-0.25, -0.2) is 4.79 Å². The van der Waals surface area contributed by atoms with Crippen molar-refractivity contribution in [3.8, 4) is 0 Å². The summed E-state index contributed by atoms with van der Waals surface area (Å²) in [6.45, 7) is 4.71. The molecule has 2 rings (SSSR count). The summed E-state index contributed by atoms with van der Waals surface area (Å²) in [5.74, 6) is -0.569. The minimum atomic E-state index is -0.414. The molecule has 1 N–H and O–H groups in total. The van der Waals surface area contributed by atoms with Gasteiger partial charge in [0.15, 0.2) is 0 Å². The van der Waals surface area contributed by atoms with Crippen LogP contribution in [-0.4, -0.2) is 63.3 Å². The van der Waals surface area contributed by atoms with Crippen LogP contribution in [0.5, 0.6) is 0 Å². The van der Waals surface area contributed by atoms with E-state index >= 15 is 0 Å². The molecule has 20 heavy (non-hydrogen) atoms. The van der Waals surface area contributed by atoms with Gasteiger partial charge in [-0.2, -0.15) is 0 Å². The van der Waals surface area contributed by atoms with Crippen LogP contribution < -0.4 is 5.32 Å². The van der Waals surface area contributed by atoms with Crippen molar-refractivity contribution < 1.29 is 19.1 Å². The van der Waals surface area contributed by atoms with Gasteiger partial charge in [-0.05, 0) is 12.1 Å². The molecule has 0 unspecified atom stereocenters. The van der Waals surface area contributed by atoms with Crippen molar-refractivity contribution in [2.45, 2.75) is 0 Å². The fourth-order valence-electron chi connectivity index (χ4n) is 1.91. The Balaban J connectivity index is 1.76. The van der Waals surface area contributed by atoms with Crippen LogP contribution in [0, 0.1) is 0 Å². The third-order valence-electron chi connectivity index (χ3n) is 3.03. The molecule has 1 aromatic heterocycles. The molecular weight excluding hydrogens is 280 g/mol. The lowest BCUT2D eigenvalue weighted by Gasteiger charge is -2.26. The number of ether oxygens (including phenoxy) is 2. The maximum absolute atomic E-state index is 11.9. The second kappa shape index (κ2) is 7.37. The van der Waals surface area contributed by atoms with Gasteiger partial charge in [0, 0.05) is 26.2 Å². The van der Waals surface area contributed by atoms with E-state index in [1.54, 1.807) is 12.1 Å². The highest BCUT2D eigenvalue weighted by atomic mass is 32.1. The van der Waals surface area contributed by atoms with Crippen molar-refractivity contribution in [2.24, 2.45) is 0 Å². The van der Waals surface area contributed by atoms with E-state index < -0.39 is 5.97 Å². The summed E-state index contributed by atoms with van der Waals surface area (Å²) >= 11 is 1.14. The van der Waals surface area contributed by atoms with E-state index in [-0.39, 0.29) is 5.91 Å². The van der Waals surface area contributed by atoms with E-state index in [9.17, 15) is 9.59 Å². The fourth-order valence-corrected chi connectivity index (χ4v) is 2.75. The number of carbonyl (C=O) groups is 2. The van der Waals surface area contributed by atoms with E-state index in [0.29, 0.717) is 16.3 Å². The minimum absolute atomic E-state index is 0.154. The van der Waals surface area contributed by atoms with Crippen LogP contribution >= 0.6 is 11.3 Å². The molecule has 0 saturated carbocycles. The summed E-state index contributed by atoms with van der Waals surface area (Å²) in [5.41, 5.74) is 0. The number of esters is 1. The first-order valence-corrected chi connectivity index (χ1v) is 7.29. The molecule has 0 atom stereocenters. The van der Waals surface area contributed by atoms with Crippen LogP contribution in [0.25, 0.3) is 0 Å². The number of hydrogen-bond donors (Lipinski definition) is 1. The Morgan fingerprint density at radius 1 is 1.35 bits per heavy atom. The second-order valence-electron chi connectivity index (χ2n) is 4.37. The zero-order chi connectivity index (χ0) is 14.4. The number of amides is 1. The Bertz CT molecular complexity index is 469. The van der Waals surface area contributed by atoms with Gasteiger partial charge in [-0.1, -0.05) is 0 Å². The average Bonchev–Trinajstić information content (AvgIpc) is 2.97.